The van der Waals surface area contributed by atoms with Crippen molar-refractivity contribution in [2.45, 2.75) is 38.9 Å². The van der Waals surface area contributed by atoms with Crippen LogP contribution < -0.4 is 0 Å². The van der Waals surface area contributed by atoms with Crippen molar-refractivity contribution in [3.05, 3.63) is 12.7 Å². The molecule has 1 aliphatic heterocycles. The van der Waals surface area contributed by atoms with Gasteiger partial charge in [-0.2, -0.15) is 0 Å². The fourth-order valence-corrected chi connectivity index (χ4v) is 2.33. The molecule has 1 N–H and O–H groups in total. The standard InChI is InChI=1S/C15H28N2O3/c1-5-6-11-20-13(2)14(18)17-9-7-16(8-10-17)12-15(3,4)19/h5,13,19H,1,6-12H2,2-4H3/t13-/m0/s1. The van der Waals surface area contributed by atoms with E-state index >= 15 is 0 Å². The highest BCUT2D eigenvalue weighted by Crippen LogP contribution is 2.10. The lowest BCUT2D eigenvalue weighted by molar-refractivity contribution is -0.144. The Bertz CT molecular complexity index is 318. The molecule has 116 valence electrons. The minimum absolute atomic E-state index is 0.0528. The lowest BCUT2D eigenvalue weighted by Crippen LogP contribution is -2.53. The largest absolute Gasteiger partial charge is 0.389 e. The molecule has 1 aliphatic rings. The minimum atomic E-state index is -0.687. The molecule has 0 aromatic rings. The van der Waals surface area contributed by atoms with E-state index in [1.807, 2.05) is 4.90 Å². The second-order valence-corrected chi connectivity index (χ2v) is 6.00. The maximum atomic E-state index is 12.2. The summed E-state index contributed by atoms with van der Waals surface area (Å²) in [5, 5.41) is 9.80. The average molecular weight is 284 g/mol. The summed E-state index contributed by atoms with van der Waals surface area (Å²) in [5.41, 5.74) is -0.687. The van der Waals surface area contributed by atoms with Crippen LogP contribution in [-0.2, 0) is 9.53 Å². The smallest absolute Gasteiger partial charge is 0.251 e. The zero-order chi connectivity index (χ0) is 15.2. The fourth-order valence-electron chi connectivity index (χ4n) is 2.33. The first-order valence-corrected chi connectivity index (χ1v) is 7.29. The number of piperazine rings is 1. The number of rotatable bonds is 7. The molecule has 1 fully saturated rings. The number of hydrogen-bond acceptors (Lipinski definition) is 4. The molecular formula is C15H28N2O3. The van der Waals surface area contributed by atoms with Crippen molar-refractivity contribution in [3.63, 3.8) is 0 Å². The molecule has 0 unspecified atom stereocenters. The molecule has 0 spiro atoms. The number of amides is 1. The summed E-state index contributed by atoms with van der Waals surface area (Å²) in [7, 11) is 0. The van der Waals surface area contributed by atoms with E-state index in [0.717, 1.165) is 19.5 Å². The molecule has 0 bridgehead atoms. The molecule has 20 heavy (non-hydrogen) atoms. The molecule has 1 saturated heterocycles. The third kappa shape index (κ3) is 6.03. The first-order valence-electron chi connectivity index (χ1n) is 7.29. The monoisotopic (exact) mass is 284 g/mol. The number of nitrogens with zero attached hydrogens (tertiary/aromatic N) is 2. The van der Waals surface area contributed by atoms with Crippen molar-refractivity contribution in [1.82, 2.24) is 9.80 Å². The lowest BCUT2D eigenvalue weighted by Gasteiger charge is -2.38. The Morgan fingerprint density at radius 1 is 1.40 bits per heavy atom. The van der Waals surface area contributed by atoms with Gasteiger partial charge in [0.15, 0.2) is 0 Å². The van der Waals surface area contributed by atoms with Gasteiger partial charge in [0.05, 0.1) is 12.2 Å². The van der Waals surface area contributed by atoms with E-state index in [-0.39, 0.29) is 5.91 Å². The van der Waals surface area contributed by atoms with Gasteiger partial charge in [-0.3, -0.25) is 9.69 Å². The molecule has 1 rings (SSSR count). The van der Waals surface area contributed by atoms with Crippen LogP contribution in [0.4, 0.5) is 0 Å². The van der Waals surface area contributed by atoms with Crippen molar-refractivity contribution >= 4 is 5.91 Å². The Hall–Kier alpha value is -0.910. The lowest BCUT2D eigenvalue weighted by atomic mass is 10.1. The van der Waals surface area contributed by atoms with Crippen LogP contribution in [0.15, 0.2) is 12.7 Å². The molecule has 1 amide bonds. The molecular weight excluding hydrogens is 256 g/mol. The molecule has 1 heterocycles. The Balaban J connectivity index is 2.33. The summed E-state index contributed by atoms with van der Waals surface area (Å²) < 4.78 is 5.49. The summed E-state index contributed by atoms with van der Waals surface area (Å²) >= 11 is 0. The number of carbonyl (C=O) groups is 1. The van der Waals surface area contributed by atoms with E-state index in [1.165, 1.54) is 0 Å². The van der Waals surface area contributed by atoms with Crippen LogP contribution in [0.25, 0.3) is 0 Å². The predicted molar refractivity (Wildman–Crippen MR) is 79.5 cm³/mol. The molecule has 0 saturated carbocycles. The minimum Gasteiger partial charge on any atom is -0.389 e. The van der Waals surface area contributed by atoms with E-state index in [4.69, 9.17) is 4.74 Å². The van der Waals surface area contributed by atoms with E-state index < -0.39 is 11.7 Å². The van der Waals surface area contributed by atoms with Gasteiger partial charge in [0, 0.05) is 32.7 Å². The predicted octanol–water partition coefficient (Wildman–Crippen LogP) is 0.883. The van der Waals surface area contributed by atoms with Gasteiger partial charge in [-0.15, -0.1) is 6.58 Å². The zero-order valence-electron chi connectivity index (χ0n) is 13.0. The number of ether oxygens (including phenoxy) is 1. The van der Waals surface area contributed by atoms with E-state index in [9.17, 15) is 9.90 Å². The maximum absolute atomic E-state index is 12.2. The van der Waals surface area contributed by atoms with Gasteiger partial charge in [-0.25, -0.2) is 0 Å². The molecule has 0 aromatic heterocycles. The summed E-state index contributed by atoms with van der Waals surface area (Å²) in [6, 6.07) is 0. The van der Waals surface area contributed by atoms with Crippen LogP contribution in [0.2, 0.25) is 0 Å². The number of β-amino-alcohol motifs (C(OH)–C–C–N with tert-alkyl or cyclic N) is 1. The highest BCUT2D eigenvalue weighted by atomic mass is 16.5. The molecule has 0 aromatic carbocycles. The summed E-state index contributed by atoms with van der Waals surface area (Å²) in [4.78, 5) is 16.2. The Morgan fingerprint density at radius 2 is 2.00 bits per heavy atom. The van der Waals surface area contributed by atoms with Crippen LogP contribution in [0, 0.1) is 0 Å². The average Bonchev–Trinajstić information content (AvgIpc) is 2.37. The summed E-state index contributed by atoms with van der Waals surface area (Å²) in [6.45, 7) is 13.2. The number of aliphatic hydroxyl groups is 1. The van der Waals surface area contributed by atoms with Crippen molar-refractivity contribution in [2.75, 3.05) is 39.3 Å². The van der Waals surface area contributed by atoms with Gasteiger partial charge in [0.2, 0.25) is 0 Å². The molecule has 0 aliphatic carbocycles. The van der Waals surface area contributed by atoms with Crippen molar-refractivity contribution < 1.29 is 14.6 Å². The Labute approximate surface area is 122 Å². The topological polar surface area (TPSA) is 53.0 Å². The first kappa shape index (κ1) is 17.1. The highest BCUT2D eigenvalue weighted by Gasteiger charge is 2.27. The van der Waals surface area contributed by atoms with Crippen LogP contribution >= 0.6 is 0 Å². The van der Waals surface area contributed by atoms with E-state index in [0.29, 0.717) is 26.2 Å². The fraction of sp³-hybridized carbons (Fsp3) is 0.800. The Morgan fingerprint density at radius 3 is 2.50 bits per heavy atom. The SMILES string of the molecule is C=CCCO[C@@H](C)C(=O)N1CCN(CC(C)(C)O)CC1. The van der Waals surface area contributed by atoms with Gasteiger partial charge >= 0.3 is 0 Å². The van der Waals surface area contributed by atoms with Crippen molar-refractivity contribution in [3.8, 4) is 0 Å². The molecule has 5 nitrogen and oxygen atoms in total. The van der Waals surface area contributed by atoms with Crippen LogP contribution in [0.1, 0.15) is 27.2 Å². The van der Waals surface area contributed by atoms with Crippen LogP contribution in [-0.4, -0.2) is 71.8 Å². The summed E-state index contributed by atoms with van der Waals surface area (Å²) in [5.74, 6) is 0.0528. The van der Waals surface area contributed by atoms with Gasteiger partial charge in [-0.1, -0.05) is 6.08 Å². The van der Waals surface area contributed by atoms with E-state index in [2.05, 4.69) is 11.5 Å². The van der Waals surface area contributed by atoms with E-state index in [1.54, 1.807) is 26.8 Å². The second kappa shape index (κ2) is 7.76. The molecule has 5 heteroatoms. The van der Waals surface area contributed by atoms with Crippen molar-refractivity contribution in [1.29, 1.82) is 0 Å². The third-order valence-corrected chi connectivity index (χ3v) is 3.33. The second-order valence-electron chi connectivity index (χ2n) is 6.00. The zero-order valence-corrected chi connectivity index (χ0v) is 13.0. The van der Waals surface area contributed by atoms with Gasteiger partial charge in [0.25, 0.3) is 5.91 Å². The van der Waals surface area contributed by atoms with Gasteiger partial charge in [-0.05, 0) is 27.2 Å². The quantitative estimate of drug-likeness (QED) is 0.557. The Kier molecular flexibility index (Phi) is 6.65. The summed E-state index contributed by atoms with van der Waals surface area (Å²) in [6.07, 6.45) is 2.15. The van der Waals surface area contributed by atoms with Crippen LogP contribution in [0.3, 0.4) is 0 Å². The van der Waals surface area contributed by atoms with Gasteiger partial charge < -0.3 is 14.7 Å². The first-order chi connectivity index (χ1) is 9.33. The highest BCUT2D eigenvalue weighted by molar-refractivity contribution is 5.80. The van der Waals surface area contributed by atoms with Crippen molar-refractivity contribution in [2.24, 2.45) is 0 Å². The number of hydrogen-bond donors (Lipinski definition) is 1. The number of carbonyl (C=O) groups excluding carboxylic acids is 1. The third-order valence-electron chi connectivity index (χ3n) is 3.33. The molecule has 0 radical (unpaired) electrons. The normalized spacial score (nSPS) is 18.9. The van der Waals surface area contributed by atoms with Crippen LogP contribution in [0.5, 0.6) is 0 Å². The molecule has 1 atom stereocenters. The van der Waals surface area contributed by atoms with Gasteiger partial charge in [0.1, 0.15) is 6.10 Å². The maximum Gasteiger partial charge on any atom is 0.251 e.